The SMILES string of the molecule is CCOc1cccc2cc(C(C)NC(=O)C(C)(C)c3ccccc3)oc12. The first-order valence-electron chi connectivity index (χ1n) is 8.95. The largest absolute Gasteiger partial charge is 0.490 e. The minimum absolute atomic E-state index is 0.0401. The lowest BCUT2D eigenvalue weighted by Gasteiger charge is -2.26. The smallest absolute Gasteiger partial charge is 0.230 e. The molecule has 0 spiro atoms. The number of carbonyl (C=O) groups is 1. The van der Waals surface area contributed by atoms with Crippen LogP contribution < -0.4 is 10.1 Å². The molecule has 4 nitrogen and oxygen atoms in total. The Kier molecular flexibility index (Phi) is 5.03. The van der Waals surface area contributed by atoms with Crippen molar-refractivity contribution in [3.63, 3.8) is 0 Å². The molecule has 0 fully saturated rings. The summed E-state index contributed by atoms with van der Waals surface area (Å²) in [4.78, 5) is 12.9. The molecule has 4 heteroatoms. The third kappa shape index (κ3) is 3.45. The zero-order valence-corrected chi connectivity index (χ0v) is 15.7. The highest BCUT2D eigenvalue weighted by Crippen LogP contribution is 2.32. The number of benzene rings is 2. The molecule has 1 atom stereocenters. The van der Waals surface area contributed by atoms with Crippen molar-refractivity contribution in [2.24, 2.45) is 0 Å². The van der Waals surface area contributed by atoms with Crippen LogP contribution in [0.5, 0.6) is 5.75 Å². The van der Waals surface area contributed by atoms with Gasteiger partial charge >= 0.3 is 0 Å². The summed E-state index contributed by atoms with van der Waals surface area (Å²) in [5, 5.41) is 4.04. The van der Waals surface area contributed by atoms with Crippen molar-refractivity contribution in [1.29, 1.82) is 0 Å². The molecule has 0 radical (unpaired) electrons. The number of amides is 1. The molecule has 26 heavy (non-hydrogen) atoms. The van der Waals surface area contributed by atoms with Gasteiger partial charge in [0.05, 0.1) is 18.1 Å². The van der Waals surface area contributed by atoms with E-state index in [9.17, 15) is 4.79 Å². The normalized spacial score (nSPS) is 12.8. The van der Waals surface area contributed by atoms with Gasteiger partial charge in [0.15, 0.2) is 11.3 Å². The van der Waals surface area contributed by atoms with Crippen molar-refractivity contribution in [3.8, 4) is 5.75 Å². The van der Waals surface area contributed by atoms with E-state index in [4.69, 9.17) is 9.15 Å². The van der Waals surface area contributed by atoms with E-state index in [1.54, 1.807) is 0 Å². The molecule has 1 N–H and O–H groups in total. The molecule has 136 valence electrons. The van der Waals surface area contributed by atoms with Crippen LogP contribution in [0.3, 0.4) is 0 Å². The van der Waals surface area contributed by atoms with Crippen LogP contribution in [-0.2, 0) is 10.2 Å². The molecule has 3 rings (SSSR count). The van der Waals surface area contributed by atoms with Crippen molar-refractivity contribution in [2.45, 2.75) is 39.2 Å². The summed E-state index contributed by atoms with van der Waals surface area (Å²) in [7, 11) is 0. The first-order valence-corrected chi connectivity index (χ1v) is 8.95. The molecule has 0 bridgehead atoms. The van der Waals surface area contributed by atoms with E-state index in [1.807, 2.05) is 82.3 Å². The van der Waals surface area contributed by atoms with Crippen molar-refractivity contribution < 1.29 is 13.9 Å². The molecule has 2 aromatic carbocycles. The molecule has 1 heterocycles. The Hall–Kier alpha value is -2.75. The number of fused-ring (bicyclic) bond motifs is 1. The third-order valence-corrected chi connectivity index (χ3v) is 4.66. The van der Waals surface area contributed by atoms with Gasteiger partial charge in [-0.15, -0.1) is 0 Å². The summed E-state index contributed by atoms with van der Waals surface area (Å²) in [6.45, 7) is 8.30. The predicted octanol–water partition coefficient (Wildman–Crippen LogP) is 4.99. The summed E-state index contributed by atoms with van der Waals surface area (Å²) in [5.74, 6) is 1.39. The van der Waals surface area contributed by atoms with Crippen LogP contribution in [-0.4, -0.2) is 12.5 Å². The molecular weight excluding hydrogens is 326 g/mol. The molecule has 0 saturated carbocycles. The van der Waals surface area contributed by atoms with Crippen molar-refractivity contribution in [1.82, 2.24) is 5.32 Å². The van der Waals surface area contributed by atoms with E-state index >= 15 is 0 Å². The molecule has 3 aromatic rings. The van der Waals surface area contributed by atoms with E-state index in [1.165, 1.54) is 0 Å². The second kappa shape index (κ2) is 7.24. The number of furan rings is 1. The topological polar surface area (TPSA) is 51.5 Å². The number of ether oxygens (including phenoxy) is 1. The lowest BCUT2D eigenvalue weighted by atomic mass is 9.83. The Balaban J connectivity index is 1.81. The lowest BCUT2D eigenvalue weighted by molar-refractivity contribution is -0.126. The number of hydrogen-bond acceptors (Lipinski definition) is 3. The van der Waals surface area contributed by atoms with Gasteiger partial charge in [0.25, 0.3) is 0 Å². The Bertz CT molecular complexity index is 896. The van der Waals surface area contributed by atoms with E-state index in [-0.39, 0.29) is 11.9 Å². The van der Waals surface area contributed by atoms with Gasteiger partial charge in [-0.25, -0.2) is 0 Å². The molecule has 0 aliphatic rings. The van der Waals surface area contributed by atoms with Gasteiger partial charge in [0, 0.05) is 5.39 Å². The van der Waals surface area contributed by atoms with Crippen molar-refractivity contribution in [2.75, 3.05) is 6.61 Å². The summed E-state index contributed by atoms with van der Waals surface area (Å²) >= 11 is 0. The fourth-order valence-electron chi connectivity index (χ4n) is 2.97. The van der Waals surface area contributed by atoms with Crippen LogP contribution in [0.1, 0.15) is 45.1 Å². The molecule has 1 amide bonds. The van der Waals surface area contributed by atoms with Gasteiger partial charge in [-0.3, -0.25) is 4.79 Å². The molecule has 0 saturated heterocycles. The Morgan fingerprint density at radius 2 is 1.88 bits per heavy atom. The van der Waals surface area contributed by atoms with Gasteiger partial charge in [0.2, 0.25) is 5.91 Å². The summed E-state index contributed by atoms with van der Waals surface area (Å²) in [6.07, 6.45) is 0. The number of nitrogens with one attached hydrogen (secondary N) is 1. The van der Waals surface area contributed by atoms with Gasteiger partial charge in [-0.1, -0.05) is 42.5 Å². The fourth-order valence-corrected chi connectivity index (χ4v) is 2.97. The first-order chi connectivity index (χ1) is 12.4. The standard InChI is InChI=1S/C22H25NO3/c1-5-25-18-13-9-10-16-14-19(26-20(16)18)15(2)23-21(24)22(3,4)17-11-7-6-8-12-17/h6-15H,5H2,1-4H3,(H,23,24). The number of hydrogen-bond donors (Lipinski definition) is 1. The molecular formula is C22H25NO3. The van der Waals surface area contributed by atoms with Gasteiger partial charge in [0.1, 0.15) is 5.76 Å². The molecule has 0 aliphatic heterocycles. The predicted molar refractivity (Wildman–Crippen MR) is 103 cm³/mol. The van der Waals surface area contributed by atoms with Crippen LogP contribution in [0.2, 0.25) is 0 Å². The van der Waals surface area contributed by atoms with Crippen molar-refractivity contribution >= 4 is 16.9 Å². The fraction of sp³-hybridized carbons (Fsp3) is 0.318. The van der Waals surface area contributed by atoms with Gasteiger partial charge in [-0.05, 0) is 45.4 Å². The Morgan fingerprint density at radius 3 is 2.58 bits per heavy atom. The second-order valence-electron chi connectivity index (χ2n) is 6.94. The van der Waals surface area contributed by atoms with E-state index < -0.39 is 5.41 Å². The molecule has 0 aliphatic carbocycles. The lowest BCUT2D eigenvalue weighted by Crippen LogP contribution is -2.41. The monoisotopic (exact) mass is 351 g/mol. The Labute approximate surface area is 154 Å². The summed E-state index contributed by atoms with van der Waals surface area (Å²) in [5.41, 5.74) is 1.07. The maximum Gasteiger partial charge on any atom is 0.230 e. The maximum atomic E-state index is 12.9. The maximum absolute atomic E-state index is 12.9. The first kappa shape index (κ1) is 18.1. The highest BCUT2D eigenvalue weighted by atomic mass is 16.5. The van der Waals surface area contributed by atoms with Gasteiger partial charge in [-0.2, -0.15) is 0 Å². The van der Waals surface area contributed by atoms with Gasteiger partial charge < -0.3 is 14.5 Å². The average Bonchev–Trinajstić information content (AvgIpc) is 3.08. The van der Waals surface area contributed by atoms with E-state index in [0.29, 0.717) is 18.0 Å². The van der Waals surface area contributed by atoms with Crippen LogP contribution >= 0.6 is 0 Å². The van der Waals surface area contributed by atoms with Crippen LogP contribution in [0.4, 0.5) is 0 Å². The van der Waals surface area contributed by atoms with Crippen LogP contribution in [0.25, 0.3) is 11.0 Å². The summed E-state index contributed by atoms with van der Waals surface area (Å²) in [6, 6.07) is 17.3. The number of para-hydroxylation sites is 1. The van der Waals surface area contributed by atoms with E-state index in [0.717, 1.165) is 16.7 Å². The van der Waals surface area contributed by atoms with E-state index in [2.05, 4.69) is 5.32 Å². The minimum atomic E-state index is -0.627. The van der Waals surface area contributed by atoms with Crippen molar-refractivity contribution in [3.05, 3.63) is 65.9 Å². The minimum Gasteiger partial charge on any atom is -0.490 e. The highest BCUT2D eigenvalue weighted by Gasteiger charge is 2.31. The van der Waals surface area contributed by atoms with Crippen LogP contribution in [0.15, 0.2) is 59.0 Å². The molecule has 1 unspecified atom stereocenters. The number of rotatable bonds is 6. The van der Waals surface area contributed by atoms with Crippen LogP contribution in [0, 0.1) is 0 Å². The second-order valence-corrected chi connectivity index (χ2v) is 6.94. The zero-order valence-electron chi connectivity index (χ0n) is 15.7. The zero-order chi connectivity index (χ0) is 18.7. The average molecular weight is 351 g/mol. The Morgan fingerprint density at radius 1 is 1.15 bits per heavy atom. The highest BCUT2D eigenvalue weighted by molar-refractivity contribution is 5.88. The quantitative estimate of drug-likeness (QED) is 0.681. The third-order valence-electron chi connectivity index (χ3n) is 4.66. The molecule has 1 aromatic heterocycles. The summed E-state index contributed by atoms with van der Waals surface area (Å²) < 4.78 is 11.6. The number of carbonyl (C=O) groups excluding carboxylic acids is 1.